The van der Waals surface area contributed by atoms with Crippen LogP contribution in [-0.4, -0.2) is 35.0 Å². The molecule has 6 heteroatoms. The standard InChI is InChI=1S/2C2H5BO2/c1-2-5-3-4-1;1-2-4-5-3-1/h2*3H,1-2H2. The van der Waals surface area contributed by atoms with Gasteiger partial charge < -0.3 is 14.1 Å². The van der Waals surface area contributed by atoms with Gasteiger partial charge in [-0.1, -0.05) is 0 Å². The second-order valence-electron chi connectivity index (χ2n) is 1.93. The lowest BCUT2D eigenvalue weighted by Crippen LogP contribution is -1.83. The zero-order valence-corrected chi connectivity index (χ0v) is 5.88. The molecule has 0 saturated carbocycles. The van der Waals surface area contributed by atoms with Gasteiger partial charge in [0.1, 0.15) is 0 Å². The molecule has 2 aliphatic rings. The SMILES string of the molecule is B1CCOO1.B1OCCO1. The normalized spacial score (nSPS) is 22.4. The molecule has 0 bridgehead atoms. The van der Waals surface area contributed by atoms with Gasteiger partial charge in [-0.3, -0.25) is 4.89 Å². The van der Waals surface area contributed by atoms with Crippen molar-refractivity contribution in [1.29, 1.82) is 0 Å². The van der Waals surface area contributed by atoms with E-state index >= 15 is 0 Å². The van der Waals surface area contributed by atoms with Crippen LogP contribution in [0, 0.1) is 0 Å². The highest BCUT2D eigenvalue weighted by Gasteiger charge is 1.99. The van der Waals surface area contributed by atoms with Crippen molar-refractivity contribution in [3.05, 3.63) is 0 Å². The zero-order valence-electron chi connectivity index (χ0n) is 5.88. The Kier molecular flexibility index (Phi) is 4.63. The molecule has 10 heavy (non-hydrogen) atoms. The average molecular weight is 144 g/mol. The highest BCUT2D eigenvalue weighted by Crippen LogP contribution is 1.91. The van der Waals surface area contributed by atoms with Crippen molar-refractivity contribution in [3.8, 4) is 0 Å². The summed E-state index contributed by atoms with van der Waals surface area (Å²) in [5.74, 6) is 0. The summed E-state index contributed by atoms with van der Waals surface area (Å²) in [6.45, 7) is 2.33. The van der Waals surface area contributed by atoms with Gasteiger partial charge in [-0.05, 0) is 6.32 Å². The molecule has 0 N–H and O–H groups in total. The first-order valence-corrected chi connectivity index (χ1v) is 3.40. The Morgan fingerprint density at radius 1 is 1.00 bits per heavy atom. The Hall–Kier alpha value is -0.0301. The molecule has 0 amide bonds. The molecule has 2 saturated heterocycles. The van der Waals surface area contributed by atoms with Crippen molar-refractivity contribution in [2.45, 2.75) is 6.32 Å². The molecule has 0 aromatic heterocycles. The lowest BCUT2D eigenvalue weighted by molar-refractivity contribution is -0.181. The summed E-state index contributed by atoms with van der Waals surface area (Å²) in [6.07, 6.45) is 1.06. The van der Waals surface area contributed by atoms with Gasteiger partial charge in [0, 0.05) is 0 Å². The molecule has 0 atom stereocenters. The van der Waals surface area contributed by atoms with Crippen LogP contribution in [0.4, 0.5) is 0 Å². The van der Waals surface area contributed by atoms with E-state index in [1.54, 1.807) is 0 Å². The Bertz CT molecular complexity index is 48.4. The molecule has 0 aromatic rings. The van der Waals surface area contributed by atoms with Crippen LogP contribution in [-0.2, 0) is 19.0 Å². The van der Waals surface area contributed by atoms with Crippen LogP contribution in [0.25, 0.3) is 0 Å². The molecule has 56 valence electrons. The second-order valence-corrected chi connectivity index (χ2v) is 1.93. The molecule has 0 aromatic carbocycles. The summed E-state index contributed by atoms with van der Waals surface area (Å²) in [5.41, 5.74) is 0. The lowest BCUT2D eigenvalue weighted by Gasteiger charge is -1.79. The van der Waals surface area contributed by atoms with Gasteiger partial charge >= 0.3 is 15.2 Å². The van der Waals surface area contributed by atoms with E-state index in [1.165, 1.54) is 0 Å². The Balaban J connectivity index is 0.0000001000. The summed E-state index contributed by atoms with van der Waals surface area (Å²) < 4.78 is 9.44. The molecule has 0 aliphatic carbocycles. The van der Waals surface area contributed by atoms with Crippen LogP contribution in [0.5, 0.6) is 0 Å². The highest BCUT2D eigenvalue weighted by molar-refractivity contribution is 6.27. The molecular formula is C4H10B2O4. The predicted octanol–water partition coefficient (Wildman–Crippen LogP) is -0.982. The predicted molar refractivity (Wildman–Crippen MR) is 38.0 cm³/mol. The zero-order chi connectivity index (χ0) is 7.07. The minimum Gasteiger partial charge on any atom is -0.412 e. The minimum absolute atomic E-state index is 0.500. The summed E-state index contributed by atoms with van der Waals surface area (Å²) in [5, 5.41) is 0. The Morgan fingerprint density at radius 3 is 2.00 bits per heavy atom. The van der Waals surface area contributed by atoms with Crippen LogP contribution < -0.4 is 0 Å². The van der Waals surface area contributed by atoms with Gasteiger partial charge in [0.05, 0.1) is 19.8 Å². The van der Waals surface area contributed by atoms with Crippen LogP contribution in [0.15, 0.2) is 0 Å². The third-order valence-electron chi connectivity index (χ3n) is 1.08. The van der Waals surface area contributed by atoms with E-state index in [1.807, 2.05) is 0 Å². The first kappa shape index (κ1) is 8.07. The van der Waals surface area contributed by atoms with E-state index in [2.05, 4.69) is 9.69 Å². The van der Waals surface area contributed by atoms with E-state index < -0.39 is 0 Å². The Morgan fingerprint density at radius 2 is 1.80 bits per heavy atom. The molecule has 4 nitrogen and oxygen atoms in total. The maximum absolute atomic E-state index is 4.72. The maximum atomic E-state index is 4.72. The monoisotopic (exact) mass is 144 g/mol. The smallest absolute Gasteiger partial charge is 0.412 e. The summed E-state index contributed by atoms with van der Waals surface area (Å²) in [4.78, 5) is 8.89. The maximum Gasteiger partial charge on any atom is 0.438 e. The molecule has 2 aliphatic heterocycles. The number of hydrogen-bond donors (Lipinski definition) is 0. The fraction of sp³-hybridized carbons (Fsp3) is 1.00. The molecule has 0 unspecified atom stereocenters. The fourth-order valence-corrected chi connectivity index (χ4v) is 0.589. The van der Waals surface area contributed by atoms with Gasteiger partial charge in [0.15, 0.2) is 0 Å². The molecular weight excluding hydrogens is 134 g/mol. The molecule has 0 spiro atoms. The summed E-state index contributed by atoms with van der Waals surface area (Å²) in [6, 6.07) is 0. The van der Waals surface area contributed by atoms with Crippen molar-refractivity contribution in [3.63, 3.8) is 0 Å². The third-order valence-corrected chi connectivity index (χ3v) is 1.08. The minimum atomic E-state index is 0.500. The van der Waals surface area contributed by atoms with Crippen molar-refractivity contribution < 1.29 is 19.0 Å². The van der Waals surface area contributed by atoms with Gasteiger partial charge in [-0.25, -0.2) is 0 Å². The van der Waals surface area contributed by atoms with Crippen molar-refractivity contribution in [1.82, 2.24) is 0 Å². The molecule has 2 rings (SSSR count). The van der Waals surface area contributed by atoms with E-state index in [0.717, 1.165) is 33.6 Å². The number of hydrogen-bond acceptors (Lipinski definition) is 4. The quantitative estimate of drug-likeness (QED) is 0.323. The topological polar surface area (TPSA) is 36.9 Å². The lowest BCUT2D eigenvalue weighted by atomic mass is 9.99. The van der Waals surface area contributed by atoms with Gasteiger partial charge in [0.25, 0.3) is 0 Å². The summed E-state index contributed by atoms with van der Waals surface area (Å²) >= 11 is 0. The first-order chi connectivity index (χ1) is 5.00. The van der Waals surface area contributed by atoms with Crippen LogP contribution in [0.3, 0.4) is 0 Å². The highest BCUT2D eigenvalue weighted by atomic mass is 17.2. The van der Waals surface area contributed by atoms with Gasteiger partial charge in [-0.15, -0.1) is 0 Å². The van der Waals surface area contributed by atoms with Crippen LogP contribution in [0.2, 0.25) is 6.32 Å². The van der Waals surface area contributed by atoms with Crippen LogP contribution in [0.1, 0.15) is 0 Å². The van der Waals surface area contributed by atoms with Gasteiger partial charge in [-0.2, -0.15) is 0 Å². The van der Waals surface area contributed by atoms with E-state index in [9.17, 15) is 0 Å². The molecule has 2 fully saturated rings. The fourth-order valence-electron chi connectivity index (χ4n) is 0.589. The Labute approximate surface area is 61.3 Å². The van der Waals surface area contributed by atoms with E-state index in [0.29, 0.717) is 7.69 Å². The first-order valence-electron chi connectivity index (χ1n) is 3.40. The number of rotatable bonds is 0. The molecule has 2 heterocycles. The molecule has 0 radical (unpaired) electrons. The average Bonchev–Trinajstić information content (AvgIpc) is 2.67. The van der Waals surface area contributed by atoms with E-state index in [4.69, 9.17) is 9.31 Å². The summed E-state index contributed by atoms with van der Waals surface area (Å²) in [7, 11) is 1.28. The van der Waals surface area contributed by atoms with Crippen molar-refractivity contribution in [2.75, 3.05) is 19.8 Å². The van der Waals surface area contributed by atoms with Crippen molar-refractivity contribution in [2.24, 2.45) is 0 Å². The van der Waals surface area contributed by atoms with E-state index in [-0.39, 0.29) is 0 Å². The van der Waals surface area contributed by atoms with Crippen LogP contribution >= 0.6 is 0 Å². The second kappa shape index (κ2) is 5.73. The van der Waals surface area contributed by atoms with Crippen molar-refractivity contribution >= 4 is 15.2 Å². The largest absolute Gasteiger partial charge is 0.438 e. The third kappa shape index (κ3) is 3.90. The van der Waals surface area contributed by atoms with Gasteiger partial charge in [0.2, 0.25) is 0 Å².